The molecule has 3 heterocycles. The van der Waals surface area contributed by atoms with Crippen molar-refractivity contribution in [1.29, 1.82) is 0 Å². The van der Waals surface area contributed by atoms with Gasteiger partial charge in [-0.05, 0) is 36.6 Å². The van der Waals surface area contributed by atoms with Crippen molar-refractivity contribution < 1.29 is 4.92 Å². The highest BCUT2D eigenvalue weighted by Gasteiger charge is 2.30. The summed E-state index contributed by atoms with van der Waals surface area (Å²) in [6.07, 6.45) is 3.01. The van der Waals surface area contributed by atoms with E-state index in [1.165, 1.54) is 17.3 Å². The molecule has 0 amide bonds. The molecule has 0 radical (unpaired) electrons. The van der Waals surface area contributed by atoms with Gasteiger partial charge in [0, 0.05) is 49.0 Å². The summed E-state index contributed by atoms with van der Waals surface area (Å²) >= 11 is 0. The minimum Gasteiger partial charge on any atom is -0.375 e. The van der Waals surface area contributed by atoms with Crippen molar-refractivity contribution in [2.45, 2.75) is 19.4 Å². The summed E-state index contributed by atoms with van der Waals surface area (Å²) in [7, 11) is 2.04. The van der Waals surface area contributed by atoms with Crippen molar-refractivity contribution in [1.82, 2.24) is 15.0 Å². The number of hydrogen-bond donors (Lipinski definition) is 2. The van der Waals surface area contributed by atoms with Crippen LogP contribution in [0.5, 0.6) is 0 Å². The Hall–Kier alpha value is -4.14. The van der Waals surface area contributed by atoms with Crippen molar-refractivity contribution in [2.75, 3.05) is 41.8 Å². The van der Waals surface area contributed by atoms with Crippen LogP contribution in [0.3, 0.4) is 0 Å². The van der Waals surface area contributed by atoms with Gasteiger partial charge in [-0.1, -0.05) is 36.4 Å². The molecule has 0 saturated carbocycles. The fourth-order valence-corrected chi connectivity index (χ4v) is 4.61. The summed E-state index contributed by atoms with van der Waals surface area (Å²) < 4.78 is 0. The Morgan fingerprint density at radius 2 is 1.94 bits per heavy atom. The summed E-state index contributed by atoms with van der Waals surface area (Å²) in [6, 6.07) is 18.3. The van der Waals surface area contributed by atoms with E-state index in [-0.39, 0.29) is 16.4 Å². The predicted molar refractivity (Wildman–Crippen MR) is 135 cm³/mol. The first-order chi connectivity index (χ1) is 16.6. The van der Waals surface area contributed by atoms with Crippen molar-refractivity contribution in [3.8, 4) is 0 Å². The highest BCUT2D eigenvalue weighted by Crippen LogP contribution is 2.36. The standard InChI is InChI=1S/C25H27N7O2/c1-30(18-8-3-2-4-9-18)14-7-13-26-24-23(32(33)34)25(28-17-27-24)31-15-12-20-19-10-5-6-11-21(19)29-22(20)16-31/h2-6,8-11,17,29H,7,12-16H2,1H3,(H,26,27,28). The fourth-order valence-electron chi connectivity index (χ4n) is 4.61. The van der Waals surface area contributed by atoms with Gasteiger partial charge in [0.15, 0.2) is 0 Å². The second kappa shape index (κ2) is 9.38. The smallest absolute Gasteiger partial charge is 0.353 e. The van der Waals surface area contributed by atoms with Gasteiger partial charge in [-0.25, -0.2) is 9.97 Å². The number of benzene rings is 2. The molecule has 9 heteroatoms. The number of nitrogens with zero attached hydrogens (tertiary/aromatic N) is 5. The minimum atomic E-state index is -0.380. The number of anilines is 3. The number of hydrogen-bond acceptors (Lipinski definition) is 7. The van der Waals surface area contributed by atoms with Gasteiger partial charge in [-0.3, -0.25) is 10.1 Å². The number of fused-ring (bicyclic) bond motifs is 3. The highest BCUT2D eigenvalue weighted by molar-refractivity contribution is 5.85. The Kier molecular flexibility index (Phi) is 5.99. The van der Waals surface area contributed by atoms with Gasteiger partial charge in [0.25, 0.3) is 0 Å². The molecule has 174 valence electrons. The summed E-state index contributed by atoms with van der Waals surface area (Å²) in [5.41, 5.74) is 4.52. The number of para-hydroxylation sites is 2. The van der Waals surface area contributed by atoms with Gasteiger partial charge in [0.05, 0.1) is 11.5 Å². The molecule has 2 aromatic carbocycles. The Morgan fingerprint density at radius 1 is 1.15 bits per heavy atom. The van der Waals surface area contributed by atoms with Crippen LogP contribution in [0.25, 0.3) is 10.9 Å². The largest absolute Gasteiger partial charge is 0.375 e. The van der Waals surface area contributed by atoms with E-state index < -0.39 is 0 Å². The maximum atomic E-state index is 12.0. The number of aromatic amines is 1. The Bertz CT molecular complexity index is 1310. The third-order valence-corrected chi connectivity index (χ3v) is 6.33. The van der Waals surface area contributed by atoms with Gasteiger partial charge in [-0.2, -0.15) is 0 Å². The quantitative estimate of drug-likeness (QED) is 0.230. The first kappa shape index (κ1) is 21.7. The average molecular weight is 458 g/mol. The lowest BCUT2D eigenvalue weighted by Gasteiger charge is -2.28. The van der Waals surface area contributed by atoms with E-state index >= 15 is 0 Å². The van der Waals surface area contributed by atoms with E-state index in [4.69, 9.17) is 0 Å². The van der Waals surface area contributed by atoms with Crippen LogP contribution >= 0.6 is 0 Å². The van der Waals surface area contributed by atoms with Crippen molar-refractivity contribution in [3.05, 3.63) is 82.3 Å². The second-order valence-electron chi connectivity index (χ2n) is 8.49. The molecule has 0 atom stereocenters. The van der Waals surface area contributed by atoms with E-state index in [1.807, 2.05) is 42.3 Å². The molecule has 34 heavy (non-hydrogen) atoms. The monoisotopic (exact) mass is 457 g/mol. The lowest BCUT2D eigenvalue weighted by molar-refractivity contribution is -0.383. The van der Waals surface area contributed by atoms with E-state index in [0.717, 1.165) is 36.3 Å². The third kappa shape index (κ3) is 4.24. The number of nitrogens with one attached hydrogen (secondary N) is 2. The maximum absolute atomic E-state index is 12.0. The van der Waals surface area contributed by atoms with Crippen LogP contribution < -0.4 is 15.1 Å². The molecule has 1 aliphatic rings. The van der Waals surface area contributed by atoms with Gasteiger partial charge in [-0.15, -0.1) is 0 Å². The molecule has 1 aliphatic heterocycles. The average Bonchev–Trinajstić information content (AvgIpc) is 3.24. The normalized spacial score (nSPS) is 13.0. The van der Waals surface area contributed by atoms with E-state index in [2.05, 4.69) is 49.4 Å². The van der Waals surface area contributed by atoms with Crippen molar-refractivity contribution in [3.63, 3.8) is 0 Å². The van der Waals surface area contributed by atoms with Crippen LogP contribution in [0, 0.1) is 10.1 Å². The molecule has 0 saturated heterocycles. The highest BCUT2D eigenvalue weighted by atomic mass is 16.6. The van der Waals surface area contributed by atoms with Crippen molar-refractivity contribution in [2.24, 2.45) is 0 Å². The zero-order valence-corrected chi connectivity index (χ0v) is 19.1. The van der Waals surface area contributed by atoms with Crippen LogP contribution in [0.4, 0.5) is 23.0 Å². The summed E-state index contributed by atoms with van der Waals surface area (Å²) in [6.45, 7) is 2.59. The maximum Gasteiger partial charge on any atom is 0.353 e. The molecular formula is C25H27N7O2. The summed E-state index contributed by atoms with van der Waals surface area (Å²) in [4.78, 5) is 27.8. The number of H-pyrrole nitrogens is 1. The van der Waals surface area contributed by atoms with E-state index in [0.29, 0.717) is 25.5 Å². The first-order valence-corrected chi connectivity index (χ1v) is 11.4. The third-order valence-electron chi connectivity index (χ3n) is 6.33. The Balaban J connectivity index is 1.30. The predicted octanol–water partition coefficient (Wildman–Crippen LogP) is 4.37. The minimum absolute atomic E-state index is 0.0709. The number of rotatable bonds is 8. The van der Waals surface area contributed by atoms with Crippen LogP contribution in [0.15, 0.2) is 60.9 Å². The van der Waals surface area contributed by atoms with Crippen LogP contribution in [0.2, 0.25) is 0 Å². The lowest BCUT2D eigenvalue weighted by atomic mass is 10.0. The Morgan fingerprint density at radius 3 is 2.76 bits per heavy atom. The van der Waals surface area contributed by atoms with Gasteiger partial charge < -0.3 is 20.1 Å². The SMILES string of the molecule is CN(CCCNc1ncnc(N2CCc3c([nH]c4ccccc34)C2)c1[N+](=O)[O-])c1ccccc1. The van der Waals surface area contributed by atoms with E-state index in [9.17, 15) is 10.1 Å². The first-order valence-electron chi connectivity index (χ1n) is 11.4. The summed E-state index contributed by atoms with van der Waals surface area (Å²) in [5.74, 6) is 0.619. The molecule has 9 nitrogen and oxygen atoms in total. The zero-order valence-electron chi connectivity index (χ0n) is 19.1. The molecule has 4 aromatic rings. The van der Waals surface area contributed by atoms with Crippen molar-refractivity contribution >= 4 is 33.9 Å². The topological polar surface area (TPSA) is 103 Å². The molecule has 2 aromatic heterocycles. The molecule has 0 spiro atoms. The van der Waals surface area contributed by atoms with Crippen LogP contribution in [0.1, 0.15) is 17.7 Å². The number of aromatic nitrogens is 3. The van der Waals surface area contributed by atoms with E-state index in [1.54, 1.807) is 0 Å². The number of nitro groups is 1. The van der Waals surface area contributed by atoms with Gasteiger partial charge in [0.2, 0.25) is 11.6 Å². The molecule has 0 bridgehead atoms. The molecular weight excluding hydrogens is 430 g/mol. The second-order valence-corrected chi connectivity index (χ2v) is 8.49. The zero-order chi connectivity index (χ0) is 23.5. The Labute approximate surface area is 197 Å². The molecule has 0 aliphatic carbocycles. The van der Waals surface area contributed by atoms with Gasteiger partial charge in [0.1, 0.15) is 6.33 Å². The van der Waals surface area contributed by atoms with Gasteiger partial charge >= 0.3 is 5.69 Å². The van der Waals surface area contributed by atoms with Crippen LogP contribution in [-0.2, 0) is 13.0 Å². The molecule has 2 N–H and O–H groups in total. The molecule has 5 rings (SSSR count). The lowest BCUT2D eigenvalue weighted by Crippen LogP contribution is -2.31. The fraction of sp³-hybridized carbons (Fsp3) is 0.280. The molecule has 0 fully saturated rings. The summed E-state index contributed by atoms with van der Waals surface area (Å²) in [5, 5.41) is 16.4. The van der Waals surface area contributed by atoms with Crippen LogP contribution in [-0.4, -0.2) is 46.6 Å². The molecule has 0 unspecified atom stereocenters.